The minimum Gasteiger partial charge on any atom is -0.497 e. The third-order valence-electron chi connectivity index (χ3n) is 4.13. The Bertz CT molecular complexity index is 866. The Balaban J connectivity index is 1.77. The van der Waals surface area contributed by atoms with Crippen LogP contribution in [0.2, 0.25) is 0 Å². The van der Waals surface area contributed by atoms with Gasteiger partial charge in [0.15, 0.2) is 5.17 Å². The van der Waals surface area contributed by atoms with Crippen LogP contribution in [0.3, 0.4) is 0 Å². The van der Waals surface area contributed by atoms with Crippen LogP contribution in [0.5, 0.6) is 11.5 Å². The van der Waals surface area contributed by atoms with Crippen LogP contribution in [0.1, 0.15) is 20.3 Å². The number of para-hydroxylation sites is 1. The van der Waals surface area contributed by atoms with Crippen molar-refractivity contribution in [3.8, 4) is 11.5 Å². The van der Waals surface area contributed by atoms with E-state index in [9.17, 15) is 4.79 Å². The summed E-state index contributed by atoms with van der Waals surface area (Å²) in [5.41, 5.74) is 1.47. The zero-order valence-corrected chi connectivity index (χ0v) is 17.0. The summed E-state index contributed by atoms with van der Waals surface area (Å²) in [4.78, 5) is 14.4. The molecule has 6 nitrogen and oxygen atoms in total. The molecule has 2 aromatic carbocycles. The first-order valence-corrected chi connectivity index (χ1v) is 9.94. The van der Waals surface area contributed by atoms with Crippen molar-refractivity contribution in [3.63, 3.8) is 0 Å². The van der Waals surface area contributed by atoms with E-state index in [-0.39, 0.29) is 11.2 Å². The van der Waals surface area contributed by atoms with Gasteiger partial charge in [-0.1, -0.05) is 36.9 Å². The summed E-state index contributed by atoms with van der Waals surface area (Å²) in [6, 6.07) is 16.9. The molecule has 1 unspecified atom stereocenters. The highest BCUT2D eigenvalue weighted by molar-refractivity contribution is 8.16. The van der Waals surface area contributed by atoms with Crippen molar-refractivity contribution in [2.75, 3.05) is 18.6 Å². The predicted octanol–water partition coefficient (Wildman–Crippen LogP) is 4.36. The lowest BCUT2D eigenvalue weighted by Gasteiger charge is -2.16. The third kappa shape index (κ3) is 4.72. The Morgan fingerprint density at radius 1 is 1.11 bits per heavy atom. The molecule has 1 aliphatic rings. The lowest BCUT2D eigenvalue weighted by Crippen LogP contribution is -2.31. The first-order valence-electron chi connectivity index (χ1n) is 9.06. The number of ether oxygens (including phenoxy) is 2. The Labute approximate surface area is 169 Å². The van der Waals surface area contributed by atoms with Crippen LogP contribution >= 0.6 is 11.8 Å². The maximum absolute atomic E-state index is 12.8. The Kier molecular flexibility index (Phi) is 6.71. The molecular formula is C21H23N3O3S. The number of methoxy groups -OCH3 is 1. The van der Waals surface area contributed by atoms with E-state index < -0.39 is 0 Å². The lowest BCUT2D eigenvalue weighted by atomic mass is 10.2. The van der Waals surface area contributed by atoms with E-state index in [0.717, 1.165) is 29.3 Å². The number of thioether (sulfide) groups is 1. The van der Waals surface area contributed by atoms with E-state index >= 15 is 0 Å². The van der Waals surface area contributed by atoms with Crippen molar-refractivity contribution in [2.45, 2.75) is 25.5 Å². The molecule has 28 heavy (non-hydrogen) atoms. The highest BCUT2D eigenvalue weighted by atomic mass is 32.2. The molecule has 0 aromatic heterocycles. The monoisotopic (exact) mass is 397 g/mol. The molecule has 7 heteroatoms. The summed E-state index contributed by atoms with van der Waals surface area (Å²) in [5.74, 6) is 1.53. The molecule has 1 aliphatic heterocycles. The third-order valence-corrected chi connectivity index (χ3v) is 5.43. The zero-order chi connectivity index (χ0) is 19.9. The highest BCUT2D eigenvalue weighted by Gasteiger charge is 2.38. The quantitative estimate of drug-likeness (QED) is 0.514. The Morgan fingerprint density at radius 3 is 2.46 bits per heavy atom. The van der Waals surface area contributed by atoms with Crippen LogP contribution in [0, 0.1) is 0 Å². The second-order valence-electron chi connectivity index (χ2n) is 6.21. The van der Waals surface area contributed by atoms with Crippen LogP contribution < -0.4 is 14.4 Å². The number of rotatable bonds is 7. The predicted molar refractivity (Wildman–Crippen MR) is 115 cm³/mol. The van der Waals surface area contributed by atoms with Gasteiger partial charge in [0, 0.05) is 0 Å². The SMILES string of the molecule is CCC1S/C(=N/N=C(\C)COc2ccccc2)N(c2ccc(OC)cc2)C1=O. The summed E-state index contributed by atoms with van der Waals surface area (Å²) in [7, 11) is 1.61. The van der Waals surface area contributed by atoms with E-state index in [1.807, 2.05) is 68.4 Å². The maximum atomic E-state index is 12.8. The zero-order valence-electron chi connectivity index (χ0n) is 16.2. The van der Waals surface area contributed by atoms with Crippen LogP contribution in [-0.2, 0) is 4.79 Å². The van der Waals surface area contributed by atoms with E-state index in [4.69, 9.17) is 9.47 Å². The molecule has 2 aromatic rings. The highest BCUT2D eigenvalue weighted by Crippen LogP contribution is 2.34. The van der Waals surface area contributed by atoms with Gasteiger partial charge in [0.2, 0.25) is 5.91 Å². The second kappa shape index (κ2) is 9.41. The standard InChI is InChI=1S/C21H23N3O3S/c1-4-19-20(25)24(16-10-12-17(26-3)13-11-16)21(28-19)23-22-15(2)14-27-18-8-6-5-7-9-18/h5-13,19H,4,14H2,1-3H3/b22-15+,23-21+. The van der Waals surface area contributed by atoms with Gasteiger partial charge in [-0.25, -0.2) is 0 Å². The topological polar surface area (TPSA) is 63.5 Å². The molecule has 1 fully saturated rings. The molecular weight excluding hydrogens is 374 g/mol. The van der Waals surface area contributed by atoms with E-state index in [2.05, 4.69) is 10.2 Å². The van der Waals surface area contributed by atoms with Gasteiger partial charge in [0.05, 0.1) is 23.8 Å². The first kappa shape index (κ1) is 19.9. The van der Waals surface area contributed by atoms with Crippen molar-refractivity contribution in [1.29, 1.82) is 0 Å². The van der Waals surface area contributed by atoms with Gasteiger partial charge in [0.1, 0.15) is 18.1 Å². The summed E-state index contributed by atoms with van der Waals surface area (Å²) in [6.45, 7) is 4.18. The van der Waals surface area contributed by atoms with Gasteiger partial charge in [-0.3, -0.25) is 9.69 Å². The van der Waals surface area contributed by atoms with Crippen LogP contribution in [0.15, 0.2) is 64.8 Å². The minimum absolute atomic E-state index is 0.0183. The smallest absolute Gasteiger partial charge is 0.246 e. The fourth-order valence-corrected chi connectivity index (χ4v) is 3.64. The largest absolute Gasteiger partial charge is 0.497 e. The summed E-state index contributed by atoms with van der Waals surface area (Å²) >= 11 is 1.44. The molecule has 0 spiro atoms. The number of anilines is 1. The van der Waals surface area contributed by atoms with Gasteiger partial charge in [0.25, 0.3) is 0 Å². The van der Waals surface area contributed by atoms with Crippen LogP contribution in [0.25, 0.3) is 0 Å². The molecule has 3 rings (SSSR count). The van der Waals surface area contributed by atoms with E-state index in [1.54, 1.807) is 12.0 Å². The number of hydrogen-bond donors (Lipinski definition) is 0. The molecule has 0 saturated carbocycles. The fraction of sp³-hybridized carbons (Fsp3) is 0.286. The number of hydrogen-bond acceptors (Lipinski definition) is 6. The Hall–Kier alpha value is -2.80. The molecule has 0 N–H and O–H groups in total. The molecule has 146 valence electrons. The number of benzene rings is 2. The molecule has 0 aliphatic carbocycles. The van der Waals surface area contributed by atoms with Crippen molar-refractivity contribution in [2.24, 2.45) is 10.2 Å². The van der Waals surface area contributed by atoms with Gasteiger partial charge < -0.3 is 9.47 Å². The molecule has 0 bridgehead atoms. The minimum atomic E-state index is -0.156. The van der Waals surface area contributed by atoms with Crippen molar-refractivity contribution in [1.82, 2.24) is 0 Å². The average molecular weight is 398 g/mol. The lowest BCUT2D eigenvalue weighted by molar-refractivity contribution is -0.116. The first-order chi connectivity index (χ1) is 13.6. The average Bonchev–Trinajstić information content (AvgIpc) is 3.07. The summed E-state index contributed by atoms with van der Waals surface area (Å²) in [5, 5.41) is 9.03. The normalized spacial score (nSPS) is 18.6. The summed E-state index contributed by atoms with van der Waals surface area (Å²) in [6.07, 6.45) is 0.731. The van der Waals surface area contributed by atoms with Crippen molar-refractivity contribution >= 4 is 34.2 Å². The van der Waals surface area contributed by atoms with Crippen molar-refractivity contribution in [3.05, 3.63) is 54.6 Å². The number of nitrogens with zero attached hydrogens (tertiary/aromatic N) is 3. The second-order valence-corrected chi connectivity index (χ2v) is 7.38. The summed E-state index contributed by atoms with van der Waals surface area (Å²) < 4.78 is 10.9. The maximum Gasteiger partial charge on any atom is 0.246 e. The molecule has 0 radical (unpaired) electrons. The van der Waals surface area contributed by atoms with Crippen LogP contribution in [-0.4, -0.2) is 35.8 Å². The Morgan fingerprint density at radius 2 is 1.82 bits per heavy atom. The molecule has 1 atom stereocenters. The fourth-order valence-electron chi connectivity index (χ4n) is 2.63. The van der Waals surface area contributed by atoms with Gasteiger partial charge in [-0.05, 0) is 49.7 Å². The van der Waals surface area contributed by atoms with Gasteiger partial charge in [-0.2, -0.15) is 5.10 Å². The van der Waals surface area contributed by atoms with Gasteiger partial charge in [-0.15, -0.1) is 5.10 Å². The number of amidine groups is 1. The molecule has 1 saturated heterocycles. The van der Waals surface area contributed by atoms with Gasteiger partial charge >= 0.3 is 0 Å². The number of carbonyl (C=O) groups excluding carboxylic acids is 1. The number of carbonyl (C=O) groups is 1. The molecule has 1 amide bonds. The van der Waals surface area contributed by atoms with Crippen molar-refractivity contribution < 1.29 is 14.3 Å². The number of amides is 1. The van der Waals surface area contributed by atoms with E-state index in [0.29, 0.717) is 11.8 Å². The van der Waals surface area contributed by atoms with E-state index in [1.165, 1.54) is 11.8 Å². The molecule has 1 heterocycles. The van der Waals surface area contributed by atoms with Crippen LogP contribution in [0.4, 0.5) is 5.69 Å².